The summed E-state index contributed by atoms with van der Waals surface area (Å²) in [5, 5.41) is 2.95. The number of piperidine rings is 1. The number of Topliss-reactive ketones (excluding diaryl/α,β-unsaturated/α-hetero) is 1. The number of nitrogens with one attached hydrogen (secondary N) is 1. The predicted octanol–water partition coefficient (Wildman–Crippen LogP) is 2.40. The quantitative estimate of drug-likeness (QED) is 0.753. The van der Waals surface area contributed by atoms with Crippen LogP contribution < -0.4 is 10.1 Å². The van der Waals surface area contributed by atoms with Crippen molar-refractivity contribution in [1.82, 2.24) is 10.2 Å². The summed E-state index contributed by atoms with van der Waals surface area (Å²) in [6.45, 7) is 3.26. The van der Waals surface area contributed by atoms with Crippen LogP contribution in [0.2, 0.25) is 0 Å². The van der Waals surface area contributed by atoms with Gasteiger partial charge in [0.15, 0.2) is 5.78 Å². The SMILES string of the molecule is CCOC(=O)N1CCC(NC(=O)CCC(=O)c2cccc(OC)c2)CC1. The number of ketones is 1. The van der Waals surface area contributed by atoms with E-state index in [0.29, 0.717) is 43.9 Å². The highest BCUT2D eigenvalue weighted by Gasteiger charge is 2.24. The number of likely N-dealkylation sites (tertiary alicyclic amines) is 1. The zero-order valence-electron chi connectivity index (χ0n) is 15.3. The third kappa shape index (κ3) is 5.75. The summed E-state index contributed by atoms with van der Waals surface area (Å²) in [5.41, 5.74) is 0.542. The van der Waals surface area contributed by atoms with E-state index < -0.39 is 0 Å². The van der Waals surface area contributed by atoms with Crippen LogP contribution in [0.5, 0.6) is 5.75 Å². The highest BCUT2D eigenvalue weighted by molar-refractivity contribution is 5.98. The zero-order valence-corrected chi connectivity index (χ0v) is 15.3. The number of nitrogens with zero attached hydrogens (tertiary/aromatic N) is 1. The highest BCUT2D eigenvalue weighted by Crippen LogP contribution is 2.15. The summed E-state index contributed by atoms with van der Waals surface area (Å²) in [6.07, 6.45) is 1.37. The summed E-state index contributed by atoms with van der Waals surface area (Å²) in [7, 11) is 1.55. The molecule has 2 rings (SSSR count). The second kappa shape index (κ2) is 9.79. The molecular weight excluding hydrogens is 336 g/mol. The second-order valence-corrected chi connectivity index (χ2v) is 6.18. The fourth-order valence-corrected chi connectivity index (χ4v) is 2.89. The molecule has 7 heteroatoms. The number of hydrogen-bond acceptors (Lipinski definition) is 5. The molecule has 0 aromatic heterocycles. The monoisotopic (exact) mass is 362 g/mol. The van der Waals surface area contributed by atoms with Gasteiger partial charge in [-0.05, 0) is 31.9 Å². The molecule has 1 fully saturated rings. The Morgan fingerprint density at radius 1 is 1.19 bits per heavy atom. The van der Waals surface area contributed by atoms with Crippen LogP contribution in [-0.2, 0) is 9.53 Å². The number of rotatable bonds is 7. The molecule has 0 spiro atoms. The van der Waals surface area contributed by atoms with Gasteiger partial charge in [-0.25, -0.2) is 4.79 Å². The molecule has 7 nitrogen and oxygen atoms in total. The minimum absolute atomic E-state index is 0.0279. The molecule has 1 heterocycles. The molecule has 142 valence electrons. The van der Waals surface area contributed by atoms with Crippen molar-refractivity contribution in [2.45, 2.75) is 38.6 Å². The maximum Gasteiger partial charge on any atom is 0.409 e. The lowest BCUT2D eigenvalue weighted by Crippen LogP contribution is -2.46. The van der Waals surface area contributed by atoms with Crippen molar-refractivity contribution in [2.75, 3.05) is 26.8 Å². The molecule has 1 aliphatic heterocycles. The molecule has 1 aromatic carbocycles. The first kappa shape index (κ1) is 19.8. The lowest BCUT2D eigenvalue weighted by molar-refractivity contribution is -0.122. The molecule has 1 N–H and O–H groups in total. The summed E-state index contributed by atoms with van der Waals surface area (Å²) >= 11 is 0. The van der Waals surface area contributed by atoms with Crippen molar-refractivity contribution in [3.05, 3.63) is 29.8 Å². The molecule has 1 aliphatic rings. The number of methoxy groups -OCH3 is 1. The van der Waals surface area contributed by atoms with Gasteiger partial charge in [-0.15, -0.1) is 0 Å². The van der Waals surface area contributed by atoms with E-state index in [1.807, 2.05) is 0 Å². The van der Waals surface area contributed by atoms with E-state index in [2.05, 4.69) is 5.32 Å². The van der Waals surface area contributed by atoms with Crippen molar-refractivity contribution < 1.29 is 23.9 Å². The van der Waals surface area contributed by atoms with Crippen molar-refractivity contribution >= 4 is 17.8 Å². The molecule has 2 amide bonds. The van der Waals surface area contributed by atoms with E-state index >= 15 is 0 Å². The van der Waals surface area contributed by atoms with E-state index in [0.717, 1.165) is 0 Å². The van der Waals surface area contributed by atoms with Crippen LogP contribution in [0.15, 0.2) is 24.3 Å². The molecule has 0 radical (unpaired) electrons. The average molecular weight is 362 g/mol. The molecular formula is C19H26N2O5. The molecule has 0 aliphatic carbocycles. The lowest BCUT2D eigenvalue weighted by Gasteiger charge is -2.31. The van der Waals surface area contributed by atoms with Crippen LogP contribution >= 0.6 is 0 Å². The van der Waals surface area contributed by atoms with Crippen LogP contribution in [0.1, 0.15) is 43.0 Å². The number of carbonyl (C=O) groups is 3. The van der Waals surface area contributed by atoms with Crippen LogP contribution in [0.3, 0.4) is 0 Å². The van der Waals surface area contributed by atoms with Gasteiger partial charge in [-0.2, -0.15) is 0 Å². The Balaban J connectivity index is 1.72. The number of amides is 2. The van der Waals surface area contributed by atoms with Crippen molar-refractivity contribution in [3.63, 3.8) is 0 Å². The van der Waals surface area contributed by atoms with Crippen LogP contribution in [0, 0.1) is 0 Å². The predicted molar refractivity (Wildman–Crippen MR) is 96.3 cm³/mol. The first-order valence-electron chi connectivity index (χ1n) is 8.91. The Bertz CT molecular complexity index is 639. The minimum Gasteiger partial charge on any atom is -0.497 e. The smallest absolute Gasteiger partial charge is 0.409 e. The van der Waals surface area contributed by atoms with Gasteiger partial charge in [-0.1, -0.05) is 12.1 Å². The molecule has 0 saturated carbocycles. The third-order valence-corrected chi connectivity index (χ3v) is 4.36. The van der Waals surface area contributed by atoms with Crippen LogP contribution in [0.25, 0.3) is 0 Å². The van der Waals surface area contributed by atoms with E-state index in [1.54, 1.807) is 43.2 Å². The van der Waals surface area contributed by atoms with Gasteiger partial charge in [0.2, 0.25) is 5.91 Å². The molecule has 26 heavy (non-hydrogen) atoms. The van der Waals surface area contributed by atoms with Crippen LogP contribution in [-0.4, -0.2) is 55.5 Å². The summed E-state index contributed by atoms with van der Waals surface area (Å²) in [5.74, 6) is 0.390. The Morgan fingerprint density at radius 2 is 1.92 bits per heavy atom. The largest absolute Gasteiger partial charge is 0.497 e. The minimum atomic E-state index is -0.304. The van der Waals surface area contributed by atoms with Gasteiger partial charge in [-0.3, -0.25) is 9.59 Å². The first-order chi connectivity index (χ1) is 12.5. The van der Waals surface area contributed by atoms with E-state index in [9.17, 15) is 14.4 Å². The highest BCUT2D eigenvalue weighted by atomic mass is 16.6. The normalized spacial score (nSPS) is 14.6. The number of carbonyl (C=O) groups excluding carboxylic acids is 3. The topological polar surface area (TPSA) is 84.9 Å². The Hall–Kier alpha value is -2.57. The van der Waals surface area contributed by atoms with Crippen molar-refractivity contribution in [2.24, 2.45) is 0 Å². The van der Waals surface area contributed by atoms with Crippen molar-refractivity contribution in [3.8, 4) is 5.75 Å². The number of benzene rings is 1. The van der Waals surface area contributed by atoms with E-state index in [-0.39, 0.29) is 36.7 Å². The zero-order chi connectivity index (χ0) is 18.9. The van der Waals surface area contributed by atoms with Gasteiger partial charge in [0.05, 0.1) is 13.7 Å². The van der Waals surface area contributed by atoms with Crippen LogP contribution in [0.4, 0.5) is 4.79 Å². The maximum absolute atomic E-state index is 12.2. The Morgan fingerprint density at radius 3 is 2.58 bits per heavy atom. The molecule has 0 bridgehead atoms. The summed E-state index contributed by atoms with van der Waals surface area (Å²) < 4.78 is 10.1. The summed E-state index contributed by atoms with van der Waals surface area (Å²) in [6, 6.07) is 6.94. The van der Waals surface area contributed by atoms with Crippen molar-refractivity contribution in [1.29, 1.82) is 0 Å². The fraction of sp³-hybridized carbons (Fsp3) is 0.526. The lowest BCUT2D eigenvalue weighted by atomic mass is 10.0. The summed E-state index contributed by atoms with van der Waals surface area (Å²) in [4.78, 5) is 37.6. The average Bonchev–Trinajstić information content (AvgIpc) is 2.67. The van der Waals surface area contributed by atoms with E-state index in [4.69, 9.17) is 9.47 Å². The Labute approximate surface area is 153 Å². The van der Waals surface area contributed by atoms with Gasteiger partial charge >= 0.3 is 6.09 Å². The van der Waals surface area contributed by atoms with Gasteiger partial charge in [0, 0.05) is 37.5 Å². The van der Waals surface area contributed by atoms with Gasteiger partial charge < -0.3 is 19.7 Å². The Kier molecular flexibility index (Phi) is 7.44. The van der Waals surface area contributed by atoms with Gasteiger partial charge in [0.25, 0.3) is 0 Å². The standard InChI is InChI=1S/C19H26N2O5/c1-3-26-19(24)21-11-9-15(10-12-21)20-18(23)8-7-17(22)14-5-4-6-16(13-14)25-2/h4-6,13,15H,3,7-12H2,1-2H3,(H,20,23). The first-order valence-corrected chi connectivity index (χ1v) is 8.91. The maximum atomic E-state index is 12.2. The molecule has 0 unspecified atom stereocenters. The van der Waals surface area contributed by atoms with Gasteiger partial charge in [0.1, 0.15) is 5.75 Å². The second-order valence-electron chi connectivity index (χ2n) is 6.18. The van der Waals surface area contributed by atoms with E-state index in [1.165, 1.54) is 0 Å². The molecule has 0 atom stereocenters. The number of hydrogen-bond donors (Lipinski definition) is 1. The fourth-order valence-electron chi connectivity index (χ4n) is 2.89. The third-order valence-electron chi connectivity index (χ3n) is 4.36. The number of ether oxygens (including phenoxy) is 2. The molecule has 1 aromatic rings. The molecule has 1 saturated heterocycles.